The Morgan fingerprint density at radius 1 is 1.15 bits per heavy atom. The molecule has 2 aliphatic rings. The van der Waals surface area contributed by atoms with E-state index in [-0.39, 0.29) is 0 Å². The molecule has 4 nitrogen and oxygen atoms in total. The van der Waals surface area contributed by atoms with Crippen molar-refractivity contribution in [3.63, 3.8) is 0 Å². The van der Waals surface area contributed by atoms with Crippen LogP contribution >= 0.6 is 0 Å². The molecule has 0 spiro atoms. The van der Waals surface area contributed by atoms with Crippen LogP contribution < -0.4 is 16.6 Å². The molecule has 2 aromatic rings. The van der Waals surface area contributed by atoms with Crippen LogP contribution in [-0.2, 0) is 0 Å². The van der Waals surface area contributed by atoms with Crippen LogP contribution in [0.15, 0.2) is 36.5 Å². The average Bonchev–Trinajstić information content (AvgIpc) is 2.89. The van der Waals surface area contributed by atoms with Crippen LogP contribution in [0.1, 0.15) is 30.9 Å². The van der Waals surface area contributed by atoms with E-state index in [2.05, 4.69) is 40.1 Å². The van der Waals surface area contributed by atoms with E-state index < -0.39 is 0 Å². The van der Waals surface area contributed by atoms with Gasteiger partial charge in [-0.15, -0.1) is 0 Å². The summed E-state index contributed by atoms with van der Waals surface area (Å²) in [5.41, 5.74) is 15.5. The Balaban J connectivity index is 1.68. The molecule has 1 aromatic carbocycles. The van der Waals surface area contributed by atoms with E-state index >= 15 is 0 Å². The lowest BCUT2D eigenvalue weighted by Gasteiger charge is -2.31. The quantitative estimate of drug-likeness (QED) is 0.739. The predicted molar refractivity (Wildman–Crippen MR) is 79.9 cm³/mol. The summed E-state index contributed by atoms with van der Waals surface area (Å²) in [5.74, 6) is 0.591. The number of hydrazine groups is 1. The molecule has 4 rings (SSSR count). The maximum atomic E-state index is 6.16. The zero-order valence-electron chi connectivity index (χ0n) is 11.4. The lowest BCUT2D eigenvalue weighted by atomic mass is 9.77. The largest absolute Gasteiger partial charge is 0.328 e. The van der Waals surface area contributed by atoms with Crippen molar-refractivity contribution < 1.29 is 0 Å². The van der Waals surface area contributed by atoms with Crippen LogP contribution in [0.25, 0.3) is 10.9 Å². The van der Waals surface area contributed by atoms with Crippen LogP contribution in [0.3, 0.4) is 0 Å². The molecule has 1 aliphatic carbocycles. The zero-order chi connectivity index (χ0) is 13.5. The standard InChI is InChI=1S/C16H20N4/c17-12-4-6-15-13(9-12)16(20-19-15)11-3-5-14-10(8-11)2-1-7-18-14/h1-3,5,7-8,12-13,15-16,19-20H,4,6,9,17H2. The summed E-state index contributed by atoms with van der Waals surface area (Å²) >= 11 is 0. The van der Waals surface area contributed by atoms with Crippen molar-refractivity contribution in [2.24, 2.45) is 11.7 Å². The number of nitrogens with zero attached hydrogens (tertiary/aromatic N) is 1. The fourth-order valence-corrected chi connectivity index (χ4v) is 3.71. The Morgan fingerprint density at radius 3 is 3.05 bits per heavy atom. The van der Waals surface area contributed by atoms with E-state index in [1.807, 2.05) is 12.3 Å². The van der Waals surface area contributed by atoms with E-state index in [9.17, 15) is 0 Å². The van der Waals surface area contributed by atoms with E-state index in [0.717, 1.165) is 18.4 Å². The summed E-state index contributed by atoms with van der Waals surface area (Å²) in [4.78, 5) is 4.39. The van der Waals surface area contributed by atoms with Gasteiger partial charge in [0, 0.05) is 23.7 Å². The van der Waals surface area contributed by atoms with Crippen LogP contribution in [0.4, 0.5) is 0 Å². The normalized spacial score (nSPS) is 33.2. The maximum absolute atomic E-state index is 6.16. The van der Waals surface area contributed by atoms with Crippen molar-refractivity contribution in [2.45, 2.75) is 37.4 Å². The minimum Gasteiger partial charge on any atom is -0.328 e. The molecule has 1 aliphatic heterocycles. The molecule has 1 aromatic heterocycles. The van der Waals surface area contributed by atoms with E-state index in [1.54, 1.807) is 0 Å². The predicted octanol–water partition coefficient (Wildman–Crippen LogP) is 1.88. The number of hydrogen-bond acceptors (Lipinski definition) is 4. The second-order valence-electron chi connectivity index (χ2n) is 6.07. The number of nitrogens with two attached hydrogens (primary N) is 1. The van der Waals surface area contributed by atoms with Crippen molar-refractivity contribution >= 4 is 10.9 Å². The van der Waals surface area contributed by atoms with Crippen LogP contribution in [0, 0.1) is 5.92 Å². The number of fused-ring (bicyclic) bond motifs is 2. The van der Waals surface area contributed by atoms with Gasteiger partial charge in [0.1, 0.15) is 0 Å². The van der Waals surface area contributed by atoms with Gasteiger partial charge in [-0.25, -0.2) is 5.43 Å². The summed E-state index contributed by atoms with van der Waals surface area (Å²) in [6.45, 7) is 0. The molecule has 2 fully saturated rings. The van der Waals surface area contributed by atoms with Gasteiger partial charge in [0.15, 0.2) is 0 Å². The van der Waals surface area contributed by atoms with Gasteiger partial charge in [0.2, 0.25) is 0 Å². The Kier molecular flexibility index (Phi) is 2.95. The molecule has 4 N–H and O–H groups in total. The molecule has 104 valence electrons. The molecular weight excluding hydrogens is 248 g/mol. The van der Waals surface area contributed by atoms with Crippen molar-refractivity contribution in [2.75, 3.05) is 0 Å². The van der Waals surface area contributed by atoms with Crippen molar-refractivity contribution in [1.82, 2.24) is 15.8 Å². The Morgan fingerprint density at radius 2 is 2.10 bits per heavy atom. The summed E-state index contributed by atoms with van der Waals surface area (Å²) < 4.78 is 0. The van der Waals surface area contributed by atoms with E-state index in [4.69, 9.17) is 5.73 Å². The summed E-state index contributed by atoms with van der Waals surface area (Å²) in [6, 6.07) is 11.9. The van der Waals surface area contributed by atoms with Gasteiger partial charge in [-0.1, -0.05) is 12.1 Å². The highest BCUT2D eigenvalue weighted by molar-refractivity contribution is 5.79. The van der Waals surface area contributed by atoms with Gasteiger partial charge in [-0.05, 0) is 48.9 Å². The molecule has 0 amide bonds. The lowest BCUT2D eigenvalue weighted by molar-refractivity contribution is 0.279. The number of pyridine rings is 1. The SMILES string of the molecule is NC1CCC2NNC(c3ccc4ncccc4c3)C2C1. The van der Waals surface area contributed by atoms with Crippen molar-refractivity contribution in [3.8, 4) is 0 Å². The third-order valence-electron chi connectivity index (χ3n) is 4.78. The van der Waals surface area contributed by atoms with Crippen molar-refractivity contribution in [3.05, 3.63) is 42.1 Å². The first kappa shape index (κ1) is 12.3. The summed E-state index contributed by atoms with van der Waals surface area (Å²) in [7, 11) is 0. The van der Waals surface area contributed by atoms with Gasteiger partial charge in [-0.3, -0.25) is 10.4 Å². The number of aromatic nitrogens is 1. The molecule has 0 bridgehead atoms. The van der Waals surface area contributed by atoms with E-state index in [1.165, 1.54) is 17.4 Å². The number of hydrogen-bond donors (Lipinski definition) is 3. The highest BCUT2D eigenvalue weighted by atomic mass is 15.4. The number of benzene rings is 1. The lowest BCUT2D eigenvalue weighted by Crippen LogP contribution is -2.39. The third-order valence-corrected chi connectivity index (χ3v) is 4.78. The highest BCUT2D eigenvalue weighted by Gasteiger charge is 2.40. The molecular formula is C16H20N4. The van der Waals surface area contributed by atoms with Crippen molar-refractivity contribution in [1.29, 1.82) is 0 Å². The monoisotopic (exact) mass is 268 g/mol. The minimum atomic E-state index is 0.350. The van der Waals surface area contributed by atoms with Gasteiger partial charge < -0.3 is 5.73 Å². The van der Waals surface area contributed by atoms with Crippen LogP contribution in [0.5, 0.6) is 0 Å². The maximum Gasteiger partial charge on any atom is 0.0702 e. The second-order valence-corrected chi connectivity index (χ2v) is 6.07. The average molecular weight is 268 g/mol. The first-order chi connectivity index (χ1) is 9.81. The van der Waals surface area contributed by atoms with Crippen LogP contribution in [-0.4, -0.2) is 17.1 Å². The molecule has 20 heavy (non-hydrogen) atoms. The molecule has 1 saturated carbocycles. The smallest absolute Gasteiger partial charge is 0.0702 e. The Bertz CT molecular complexity index is 627. The first-order valence-electron chi connectivity index (χ1n) is 7.42. The summed E-state index contributed by atoms with van der Waals surface area (Å²) in [5, 5.41) is 1.20. The minimum absolute atomic E-state index is 0.350. The fraction of sp³-hybridized carbons (Fsp3) is 0.438. The van der Waals surface area contributed by atoms with Gasteiger partial charge in [0.25, 0.3) is 0 Å². The highest BCUT2D eigenvalue weighted by Crippen LogP contribution is 2.38. The Labute approximate surface area is 118 Å². The second kappa shape index (κ2) is 4.81. The van der Waals surface area contributed by atoms with Gasteiger partial charge in [0.05, 0.1) is 11.6 Å². The fourth-order valence-electron chi connectivity index (χ4n) is 3.71. The van der Waals surface area contributed by atoms with Crippen LogP contribution in [0.2, 0.25) is 0 Å². The molecule has 0 radical (unpaired) electrons. The molecule has 4 atom stereocenters. The molecule has 4 unspecified atom stereocenters. The summed E-state index contributed by atoms with van der Waals surface area (Å²) in [6.07, 6.45) is 5.24. The number of rotatable bonds is 1. The Hall–Kier alpha value is -1.49. The van der Waals surface area contributed by atoms with Gasteiger partial charge in [-0.2, -0.15) is 0 Å². The van der Waals surface area contributed by atoms with Gasteiger partial charge >= 0.3 is 0 Å². The molecule has 1 saturated heterocycles. The number of nitrogens with one attached hydrogen (secondary N) is 2. The topological polar surface area (TPSA) is 63.0 Å². The zero-order valence-corrected chi connectivity index (χ0v) is 11.4. The molecule has 4 heteroatoms. The molecule has 2 heterocycles. The third kappa shape index (κ3) is 2.00. The first-order valence-corrected chi connectivity index (χ1v) is 7.42. The van der Waals surface area contributed by atoms with E-state index in [0.29, 0.717) is 24.0 Å².